The topological polar surface area (TPSA) is 12.9 Å². The number of benzene rings is 1. The fourth-order valence-corrected chi connectivity index (χ4v) is 14.0. The van der Waals surface area contributed by atoms with E-state index in [0.29, 0.717) is 0 Å². The SMILES string of the molecule is C[Si](C)(C)[C@](c1ccccc1)(c1ccccn1)[Si](Cl)Cl. The van der Waals surface area contributed by atoms with E-state index in [0.717, 1.165) is 5.69 Å². The van der Waals surface area contributed by atoms with E-state index in [9.17, 15) is 0 Å². The van der Waals surface area contributed by atoms with Crippen LogP contribution < -0.4 is 0 Å². The largest absolute Gasteiger partial charge is 0.287 e. The molecule has 1 aromatic carbocycles. The summed E-state index contributed by atoms with van der Waals surface area (Å²) in [6.45, 7) is 6.93. The molecular weight excluding hydrogens is 321 g/mol. The van der Waals surface area contributed by atoms with Gasteiger partial charge in [0.25, 0.3) is 7.42 Å². The number of hydrogen-bond donors (Lipinski definition) is 0. The van der Waals surface area contributed by atoms with Crippen LogP contribution in [0.2, 0.25) is 19.6 Å². The molecule has 1 aromatic heterocycles. The van der Waals surface area contributed by atoms with E-state index in [2.05, 4.69) is 42.8 Å². The highest BCUT2D eigenvalue weighted by Crippen LogP contribution is 2.44. The first-order valence-electron chi connectivity index (χ1n) is 6.56. The lowest BCUT2D eigenvalue weighted by atomic mass is 10.1. The average molecular weight is 339 g/mol. The predicted molar refractivity (Wildman–Crippen MR) is 92.3 cm³/mol. The summed E-state index contributed by atoms with van der Waals surface area (Å²) in [5.41, 5.74) is 2.20. The first-order chi connectivity index (χ1) is 9.40. The van der Waals surface area contributed by atoms with E-state index in [4.69, 9.17) is 22.2 Å². The van der Waals surface area contributed by atoms with E-state index in [1.165, 1.54) is 5.56 Å². The first-order valence-corrected chi connectivity index (χ1v) is 13.6. The second kappa shape index (κ2) is 6.02. The third kappa shape index (κ3) is 2.60. The molecule has 5 heteroatoms. The van der Waals surface area contributed by atoms with Gasteiger partial charge in [0.1, 0.15) is 0 Å². The molecule has 0 saturated carbocycles. The molecule has 0 amide bonds. The van der Waals surface area contributed by atoms with Gasteiger partial charge in [-0.2, -0.15) is 0 Å². The Morgan fingerprint density at radius 1 is 0.950 bits per heavy atom. The van der Waals surface area contributed by atoms with Gasteiger partial charge in [-0.1, -0.05) is 56.0 Å². The smallest absolute Gasteiger partial charge is 0.261 e. The summed E-state index contributed by atoms with van der Waals surface area (Å²) in [4.78, 5) is 4.61. The van der Waals surface area contributed by atoms with Crippen LogP contribution in [0, 0.1) is 0 Å². The molecule has 0 fully saturated rings. The number of aromatic nitrogens is 1. The van der Waals surface area contributed by atoms with Gasteiger partial charge in [-0.25, -0.2) is 0 Å². The van der Waals surface area contributed by atoms with Gasteiger partial charge in [0.05, 0.1) is 12.7 Å². The van der Waals surface area contributed by atoms with Gasteiger partial charge < -0.3 is 0 Å². The molecule has 2 rings (SSSR count). The fraction of sp³-hybridized carbons (Fsp3) is 0.267. The van der Waals surface area contributed by atoms with Gasteiger partial charge in [-0.05, 0) is 17.7 Å². The Morgan fingerprint density at radius 2 is 1.55 bits per heavy atom. The van der Waals surface area contributed by atoms with E-state index >= 15 is 0 Å². The van der Waals surface area contributed by atoms with Crippen LogP contribution in [0.5, 0.6) is 0 Å². The molecule has 2 aromatic rings. The van der Waals surface area contributed by atoms with Crippen molar-refractivity contribution in [3.8, 4) is 0 Å². The maximum Gasteiger partial charge on any atom is 0.287 e. The molecule has 105 valence electrons. The molecule has 0 unspecified atom stereocenters. The highest BCUT2D eigenvalue weighted by atomic mass is 35.7. The molecular formula is C15H18Cl2NSi2. The van der Waals surface area contributed by atoms with Crippen molar-refractivity contribution in [2.24, 2.45) is 0 Å². The quantitative estimate of drug-likeness (QED) is 0.579. The average Bonchev–Trinajstić information content (AvgIpc) is 2.40. The maximum absolute atomic E-state index is 6.62. The Labute approximate surface area is 133 Å². The van der Waals surface area contributed by atoms with Crippen LogP contribution in [0.3, 0.4) is 0 Å². The van der Waals surface area contributed by atoms with Crippen molar-refractivity contribution in [3.05, 3.63) is 66.0 Å². The molecule has 20 heavy (non-hydrogen) atoms. The standard InChI is InChI=1S/C15H18Cl2NSi2/c1-20(2,3)15(19(16)17,13-9-5-4-6-10-13)14-11-7-8-12-18-14/h4-12H,1-3H3/t15-/m1/s1. The molecule has 1 radical (unpaired) electrons. The molecule has 1 heterocycles. The van der Waals surface area contributed by atoms with Crippen LogP contribution in [0.15, 0.2) is 54.7 Å². The van der Waals surface area contributed by atoms with E-state index in [-0.39, 0.29) is 4.66 Å². The lowest BCUT2D eigenvalue weighted by molar-refractivity contribution is 0.904. The lowest BCUT2D eigenvalue weighted by Gasteiger charge is -2.43. The summed E-state index contributed by atoms with van der Waals surface area (Å²) in [5, 5.41) is 0. The van der Waals surface area contributed by atoms with Crippen molar-refractivity contribution in [1.29, 1.82) is 0 Å². The summed E-state index contributed by atoms with van der Waals surface area (Å²) in [5.74, 6) is 0. The van der Waals surface area contributed by atoms with Gasteiger partial charge in [0.2, 0.25) is 0 Å². The van der Waals surface area contributed by atoms with Crippen LogP contribution in [0.25, 0.3) is 0 Å². The van der Waals surface area contributed by atoms with Crippen molar-refractivity contribution in [1.82, 2.24) is 4.98 Å². The van der Waals surface area contributed by atoms with Crippen LogP contribution in [0.4, 0.5) is 0 Å². The van der Waals surface area contributed by atoms with Gasteiger partial charge in [0.15, 0.2) is 0 Å². The van der Waals surface area contributed by atoms with Crippen molar-refractivity contribution >= 4 is 37.6 Å². The zero-order valence-electron chi connectivity index (χ0n) is 11.9. The maximum atomic E-state index is 6.62. The third-order valence-electron chi connectivity index (χ3n) is 3.66. The van der Waals surface area contributed by atoms with Crippen LogP contribution in [-0.4, -0.2) is 20.5 Å². The predicted octanol–water partition coefficient (Wildman–Crippen LogP) is 4.75. The molecule has 0 saturated heterocycles. The zero-order chi connectivity index (χ0) is 14.8. The van der Waals surface area contributed by atoms with Gasteiger partial charge in [-0.15, -0.1) is 22.2 Å². The van der Waals surface area contributed by atoms with Crippen molar-refractivity contribution in [2.75, 3.05) is 0 Å². The Balaban J connectivity index is 2.78. The third-order valence-corrected chi connectivity index (χ3v) is 13.2. The molecule has 0 aliphatic rings. The lowest BCUT2D eigenvalue weighted by Crippen LogP contribution is -2.57. The Morgan fingerprint density at radius 3 is 2.00 bits per heavy atom. The van der Waals surface area contributed by atoms with Crippen molar-refractivity contribution in [2.45, 2.75) is 24.3 Å². The fourth-order valence-electron chi connectivity index (χ4n) is 2.73. The Hall–Kier alpha value is -0.616. The number of hydrogen-bond acceptors (Lipinski definition) is 1. The first kappa shape index (κ1) is 15.8. The van der Waals surface area contributed by atoms with Gasteiger partial charge in [0, 0.05) is 11.9 Å². The van der Waals surface area contributed by atoms with E-state index < -0.39 is 15.5 Å². The highest BCUT2D eigenvalue weighted by molar-refractivity contribution is 7.38. The second-order valence-corrected chi connectivity index (χ2v) is 15.7. The number of rotatable bonds is 4. The summed E-state index contributed by atoms with van der Waals surface area (Å²) in [6, 6.07) is 16.4. The van der Waals surface area contributed by atoms with E-state index in [1.807, 2.05) is 36.5 Å². The summed E-state index contributed by atoms with van der Waals surface area (Å²) >= 11 is 13.2. The molecule has 0 aliphatic carbocycles. The van der Waals surface area contributed by atoms with Gasteiger partial charge in [-0.3, -0.25) is 4.98 Å². The summed E-state index contributed by atoms with van der Waals surface area (Å²) < 4.78 is -0.316. The minimum absolute atomic E-state index is 0.316. The second-order valence-electron chi connectivity index (χ2n) is 5.84. The summed E-state index contributed by atoms with van der Waals surface area (Å²) in [7, 11) is -3.41. The number of pyridine rings is 1. The minimum Gasteiger partial charge on any atom is -0.261 e. The monoisotopic (exact) mass is 338 g/mol. The molecule has 0 N–H and O–H groups in total. The molecule has 0 bridgehead atoms. The Bertz CT molecular complexity index is 514. The van der Waals surface area contributed by atoms with Gasteiger partial charge >= 0.3 is 0 Å². The van der Waals surface area contributed by atoms with Crippen LogP contribution in [0.1, 0.15) is 11.3 Å². The van der Waals surface area contributed by atoms with Crippen molar-refractivity contribution in [3.63, 3.8) is 0 Å². The molecule has 0 aliphatic heterocycles. The summed E-state index contributed by atoms with van der Waals surface area (Å²) in [6.07, 6.45) is 1.83. The highest BCUT2D eigenvalue weighted by Gasteiger charge is 2.53. The molecule has 0 spiro atoms. The van der Waals surface area contributed by atoms with E-state index in [1.54, 1.807) is 0 Å². The molecule has 1 nitrogen and oxygen atoms in total. The normalized spacial score (nSPS) is 15.1. The Kier molecular flexibility index (Phi) is 4.74. The number of halogens is 2. The van der Waals surface area contributed by atoms with Crippen LogP contribution >= 0.6 is 22.2 Å². The van der Waals surface area contributed by atoms with Crippen LogP contribution in [-0.2, 0) is 4.66 Å². The zero-order valence-corrected chi connectivity index (χ0v) is 15.4. The molecule has 1 atom stereocenters. The number of nitrogens with zero attached hydrogens (tertiary/aromatic N) is 1. The van der Waals surface area contributed by atoms with Crippen molar-refractivity contribution < 1.29 is 0 Å². The minimum atomic E-state index is -1.76.